The van der Waals surface area contributed by atoms with Crippen LogP contribution >= 0.6 is 0 Å². The van der Waals surface area contributed by atoms with Crippen LogP contribution in [0.15, 0.2) is 66.7 Å². The van der Waals surface area contributed by atoms with Crippen LogP contribution in [0.5, 0.6) is 5.75 Å². The Morgan fingerprint density at radius 1 is 0.812 bits per heavy atom. The normalized spacial score (nSPS) is 12.9. The molecule has 4 rings (SSSR count). The molecule has 3 aromatic carbocycles. The molecule has 1 aliphatic rings. The first-order valence-corrected chi connectivity index (χ1v) is 9.87. The minimum atomic E-state index is -1.08. The molecule has 7 nitrogen and oxygen atoms in total. The Bertz CT molecular complexity index is 1250. The molecule has 3 aromatic rings. The van der Waals surface area contributed by atoms with Gasteiger partial charge >= 0.3 is 5.97 Å². The number of hydrogen-bond acceptors (Lipinski definition) is 6. The Balaban J connectivity index is 1.47. The summed E-state index contributed by atoms with van der Waals surface area (Å²) >= 11 is 0. The number of carbonyl (C=O) groups excluding carboxylic acids is 4. The molecular formula is C25H19NO6. The third-order valence-corrected chi connectivity index (χ3v) is 5.17. The fourth-order valence-electron chi connectivity index (χ4n) is 3.43. The second kappa shape index (κ2) is 8.47. The zero-order chi connectivity index (χ0) is 22.8. The molecular weight excluding hydrogens is 410 g/mol. The molecule has 160 valence electrons. The van der Waals surface area contributed by atoms with E-state index in [1.807, 2.05) is 0 Å². The van der Waals surface area contributed by atoms with E-state index in [0.29, 0.717) is 22.6 Å². The molecule has 1 aliphatic carbocycles. The standard InChI is InChI=1S/C25H19NO6/c1-14(32-25(30)15-7-10-17(31-2)11-8-15)24(29)26-16-9-12-20-21(13-16)23(28)19-6-4-3-5-18(19)22(20)27/h3-14H,1-2H3,(H,26,29). The van der Waals surface area contributed by atoms with Gasteiger partial charge in [-0.3, -0.25) is 14.4 Å². The SMILES string of the molecule is COc1ccc(C(=O)OC(C)C(=O)Nc2ccc3c(c2)C(=O)c2ccccc2C3=O)cc1. The van der Waals surface area contributed by atoms with Crippen molar-refractivity contribution < 1.29 is 28.7 Å². The summed E-state index contributed by atoms with van der Waals surface area (Å²) in [7, 11) is 1.52. The van der Waals surface area contributed by atoms with Crippen LogP contribution in [0.25, 0.3) is 0 Å². The lowest BCUT2D eigenvalue weighted by Gasteiger charge is -2.19. The monoisotopic (exact) mass is 429 g/mol. The van der Waals surface area contributed by atoms with E-state index >= 15 is 0 Å². The summed E-state index contributed by atoms with van der Waals surface area (Å²) in [6.07, 6.45) is -1.08. The van der Waals surface area contributed by atoms with Crippen molar-refractivity contribution in [3.05, 3.63) is 94.5 Å². The van der Waals surface area contributed by atoms with Gasteiger partial charge in [-0.25, -0.2) is 4.79 Å². The lowest BCUT2D eigenvalue weighted by atomic mass is 9.84. The van der Waals surface area contributed by atoms with E-state index in [1.54, 1.807) is 36.4 Å². The molecule has 0 heterocycles. The zero-order valence-electron chi connectivity index (χ0n) is 17.4. The van der Waals surface area contributed by atoms with Gasteiger partial charge in [0.2, 0.25) is 0 Å². The van der Waals surface area contributed by atoms with Crippen LogP contribution in [-0.2, 0) is 9.53 Å². The highest BCUT2D eigenvalue weighted by molar-refractivity contribution is 6.28. The van der Waals surface area contributed by atoms with Gasteiger partial charge < -0.3 is 14.8 Å². The third kappa shape index (κ3) is 3.88. The molecule has 7 heteroatoms. The van der Waals surface area contributed by atoms with Crippen molar-refractivity contribution >= 4 is 29.1 Å². The van der Waals surface area contributed by atoms with E-state index in [1.165, 1.54) is 44.4 Å². The number of fused-ring (bicyclic) bond motifs is 2. The number of amides is 1. The first-order valence-electron chi connectivity index (χ1n) is 9.87. The van der Waals surface area contributed by atoms with Crippen LogP contribution in [0.4, 0.5) is 5.69 Å². The summed E-state index contributed by atoms with van der Waals surface area (Å²) in [6, 6.07) is 17.4. The molecule has 0 bridgehead atoms. The number of hydrogen-bond donors (Lipinski definition) is 1. The first-order chi connectivity index (χ1) is 15.4. The van der Waals surface area contributed by atoms with E-state index < -0.39 is 18.0 Å². The minimum absolute atomic E-state index is 0.217. The summed E-state index contributed by atoms with van der Waals surface area (Å²) in [5.74, 6) is -1.16. The number of ketones is 2. The van der Waals surface area contributed by atoms with Crippen molar-refractivity contribution in [2.24, 2.45) is 0 Å². The number of anilines is 1. The van der Waals surface area contributed by atoms with Gasteiger partial charge in [-0.1, -0.05) is 24.3 Å². The van der Waals surface area contributed by atoms with Gasteiger partial charge in [0.1, 0.15) is 5.75 Å². The smallest absolute Gasteiger partial charge is 0.338 e. The van der Waals surface area contributed by atoms with Gasteiger partial charge in [0.15, 0.2) is 17.7 Å². The van der Waals surface area contributed by atoms with E-state index in [-0.39, 0.29) is 28.3 Å². The summed E-state index contributed by atoms with van der Waals surface area (Å²) in [4.78, 5) is 50.3. The number of carbonyl (C=O) groups is 4. The summed E-state index contributed by atoms with van der Waals surface area (Å²) in [5, 5.41) is 2.63. The Hall–Kier alpha value is -4.26. The van der Waals surface area contributed by atoms with Crippen molar-refractivity contribution in [1.29, 1.82) is 0 Å². The third-order valence-electron chi connectivity index (χ3n) is 5.17. The highest BCUT2D eigenvalue weighted by Crippen LogP contribution is 2.29. The molecule has 32 heavy (non-hydrogen) atoms. The number of benzene rings is 3. The molecule has 0 aliphatic heterocycles. The van der Waals surface area contributed by atoms with Gasteiger partial charge in [0, 0.05) is 27.9 Å². The molecule has 1 amide bonds. The summed E-state index contributed by atoms with van der Waals surface area (Å²) in [6.45, 7) is 1.44. The molecule has 1 atom stereocenters. The Morgan fingerprint density at radius 3 is 2.03 bits per heavy atom. The average Bonchev–Trinajstić information content (AvgIpc) is 2.82. The minimum Gasteiger partial charge on any atom is -0.497 e. The maximum atomic E-state index is 12.8. The fraction of sp³-hybridized carbons (Fsp3) is 0.120. The second-order valence-electron chi connectivity index (χ2n) is 7.23. The molecule has 1 unspecified atom stereocenters. The van der Waals surface area contributed by atoms with E-state index in [9.17, 15) is 19.2 Å². The van der Waals surface area contributed by atoms with Gasteiger partial charge in [-0.2, -0.15) is 0 Å². The lowest BCUT2D eigenvalue weighted by molar-refractivity contribution is -0.123. The highest BCUT2D eigenvalue weighted by atomic mass is 16.5. The molecule has 0 fully saturated rings. The van der Waals surface area contributed by atoms with Crippen LogP contribution in [0, 0.1) is 0 Å². The highest BCUT2D eigenvalue weighted by Gasteiger charge is 2.29. The molecule has 1 N–H and O–H groups in total. The van der Waals surface area contributed by atoms with Crippen molar-refractivity contribution in [1.82, 2.24) is 0 Å². The average molecular weight is 429 g/mol. The molecule has 0 saturated heterocycles. The Morgan fingerprint density at radius 2 is 1.41 bits per heavy atom. The Kier molecular flexibility index (Phi) is 5.55. The predicted molar refractivity (Wildman–Crippen MR) is 116 cm³/mol. The van der Waals surface area contributed by atoms with Gasteiger partial charge in [0.05, 0.1) is 12.7 Å². The van der Waals surface area contributed by atoms with Crippen molar-refractivity contribution in [2.75, 3.05) is 12.4 Å². The summed E-state index contributed by atoms with van der Waals surface area (Å²) in [5.41, 5.74) is 1.79. The van der Waals surface area contributed by atoms with Crippen LogP contribution < -0.4 is 10.1 Å². The van der Waals surface area contributed by atoms with E-state index in [4.69, 9.17) is 9.47 Å². The van der Waals surface area contributed by atoms with Crippen LogP contribution in [0.1, 0.15) is 49.1 Å². The number of methoxy groups -OCH3 is 1. The van der Waals surface area contributed by atoms with Crippen molar-refractivity contribution in [2.45, 2.75) is 13.0 Å². The number of ether oxygens (including phenoxy) is 2. The quantitative estimate of drug-likeness (QED) is 0.486. The summed E-state index contributed by atoms with van der Waals surface area (Å²) < 4.78 is 10.3. The van der Waals surface area contributed by atoms with Crippen molar-refractivity contribution in [3.63, 3.8) is 0 Å². The maximum Gasteiger partial charge on any atom is 0.338 e. The fourth-order valence-corrected chi connectivity index (χ4v) is 3.43. The zero-order valence-corrected chi connectivity index (χ0v) is 17.4. The molecule has 0 aromatic heterocycles. The maximum absolute atomic E-state index is 12.8. The van der Waals surface area contributed by atoms with E-state index in [2.05, 4.69) is 5.32 Å². The second-order valence-corrected chi connectivity index (χ2v) is 7.23. The molecule has 0 spiro atoms. The van der Waals surface area contributed by atoms with Crippen LogP contribution in [0.2, 0.25) is 0 Å². The topological polar surface area (TPSA) is 98.8 Å². The van der Waals surface area contributed by atoms with Gasteiger partial charge in [-0.15, -0.1) is 0 Å². The largest absolute Gasteiger partial charge is 0.497 e. The molecule has 0 radical (unpaired) electrons. The van der Waals surface area contributed by atoms with E-state index in [0.717, 1.165) is 0 Å². The first kappa shape index (κ1) is 21.0. The van der Waals surface area contributed by atoms with Crippen LogP contribution in [-0.4, -0.2) is 36.7 Å². The van der Waals surface area contributed by atoms with Crippen LogP contribution in [0.3, 0.4) is 0 Å². The van der Waals surface area contributed by atoms with Crippen molar-refractivity contribution in [3.8, 4) is 5.75 Å². The molecule has 0 saturated carbocycles. The van der Waals surface area contributed by atoms with Gasteiger partial charge in [0.25, 0.3) is 5.91 Å². The predicted octanol–water partition coefficient (Wildman–Crippen LogP) is 3.65. The van der Waals surface area contributed by atoms with Gasteiger partial charge in [-0.05, 0) is 49.4 Å². The Labute approximate surface area is 184 Å². The lowest BCUT2D eigenvalue weighted by Crippen LogP contribution is -2.30. The number of esters is 1. The number of nitrogens with one attached hydrogen (secondary N) is 1. The number of rotatable bonds is 5.